The summed E-state index contributed by atoms with van der Waals surface area (Å²) < 4.78 is 26.6. The second kappa shape index (κ2) is 7.91. The zero-order valence-corrected chi connectivity index (χ0v) is 14.5. The summed E-state index contributed by atoms with van der Waals surface area (Å²) >= 11 is 0. The van der Waals surface area contributed by atoms with E-state index >= 15 is 0 Å². The molecule has 0 atom stereocenters. The van der Waals surface area contributed by atoms with Crippen molar-refractivity contribution in [2.75, 3.05) is 11.9 Å². The predicted molar refractivity (Wildman–Crippen MR) is 94.6 cm³/mol. The Bertz CT molecular complexity index is 877. The maximum absolute atomic E-state index is 12.1. The monoisotopic (exact) mass is 361 g/mol. The number of rotatable bonds is 7. The number of nitrogens with two attached hydrogens (primary N) is 1. The number of carbonyl (C=O) groups excluding carboxylic acids is 2. The number of primary amides is 1. The second-order valence-corrected chi connectivity index (χ2v) is 7.19. The Morgan fingerprint density at radius 2 is 1.68 bits per heavy atom. The lowest BCUT2D eigenvalue weighted by molar-refractivity contribution is -0.116. The highest BCUT2D eigenvalue weighted by molar-refractivity contribution is 7.89. The Hall–Kier alpha value is -2.71. The summed E-state index contributed by atoms with van der Waals surface area (Å²) in [6, 6.07) is 12.7. The van der Waals surface area contributed by atoms with Gasteiger partial charge in [0.25, 0.3) is 5.91 Å². The summed E-state index contributed by atoms with van der Waals surface area (Å²) in [6.07, 6.45) is -0.0851. The van der Waals surface area contributed by atoms with Crippen LogP contribution in [-0.4, -0.2) is 26.8 Å². The molecule has 0 aliphatic rings. The van der Waals surface area contributed by atoms with Crippen molar-refractivity contribution >= 4 is 27.5 Å². The fraction of sp³-hybridized carbons (Fsp3) is 0.176. The number of anilines is 1. The molecule has 0 fully saturated rings. The average Bonchev–Trinajstić information content (AvgIpc) is 2.55. The van der Waals surface area contributed by atoms with Gasteiger partial charge in [0, 0.05) is 13.0 Å². The van der Waals surface area contributed by atoms with E-state index in [2.05, 4.69) is 10.0 Å². The third-order valence-electron chi connectivity index (χ3n) is 3.44. The van der Waals surface area contributed by atoms with Crippen LogP contribution in [-0.2, 0) is 14.8 Å². The van der Waals surface area contributed by atoms with E-state index < -0.39 is 21.8 Å². The van der Waals surface area contributed by atoms with Crippen LogP contribution in [0.15, 0.2) is 53.4 Å². The number of sulfonamides is 1. The number of hydrogen-bond donors (Lipinski definition) is 3. The summed E-state index contributed by atoms with van der Waals surface area (Å²) in [7, 11) is -3.67. The third kappa shape index (κ3) is 5.13. The van der Waals surface area contributed by atoms with Gasteiger partial charge in [-0.2, -0.15) is 0 Å². The van der Waals surface area contributed by atoms with Crippen LogP contribution < -0.4 is 15.8 Å². The number of carbonyl (C=O) groups is 2. The molecule has 0 saturated heterocycles. The Morgan fingerprint density at radius 3 is 2.32 bits per heavy atom. The van der Waals surface area contributed by atoms with Gasteiger partial charge in [-0.05, 0) is 31.2 Å². The van der Waals surface area contributed by atoms with Gasteiger partial charge in [0.2, 0.25) is 15.9 Å². The predicted octanol–water partition coefficient (Wildman–Crippen LogP) is 1.40. The first kappa shape index (κ1) is 18.6. The van der Waals surface area contributed by atoms with Crippen molar-refractivity contribution in [3.63, 3.8) is 0 Å². The molecule has 0 saturated carbocycles. The highest BCUT2D eigenvalue weighted by Gasteiger charge is 2.15. The molecule has 0 aliphatic heterocycles. The minimum atomic E-state index is -3.67. The van der Waals surface area contributed by atoms with Crippen molar-refractivity contribution < 1.29 is 18.0 Å². The first-order valence-electron chi connectivity index (χ1n) is 7.54. The minimum Gasteiger partial charge on any atom is -0.366 e. The molecule has 0 aromatic heterocycles. The fourth-order valence-corrected chi connectivity index (χ4v) is 3.15. The number of nitrogens with one attached hydrogen (secondary N) is 2. The van der Waals surface area contributed by atoms with Crippen LogP contribution in [0, 0.1) is 6.92 Å². The van der Waals surface area contributed by atoms with Crippen molar-refractivity contribution in [3.8, 4) is 0 Å². The van der Waals surface area contributed by atoms with Gasteiger partial charge in [-0.15, -0.1) is 0 Å². The highest BCUT2D eigenvalue weighted by Crippen LogP contribution is 2.14. The molecule has 8 heteroatoms. The van der Waals surface area contributed by atoms with Gasteiger partial charge in [0.1, 0.15) is 0 Å². The summed E-state index contributed by atoms with van der Waals surface area (Å²) in [5.74, 6) is -1.09. The zero-order chi connectivity index (χ0) is 18.4. The van der Waals surface area contributed by atoms with Gasteiger partial charge < -0.3 is 11.1 Å². The number of amides is 2. The lowest BCUT2D eigenvalue weighted by Gasteiger charge is -2.10. The van der Waals surface area contributed by atoms with Crippen LogP contribution in [0.4, 0.5) is 5.69 Å². The van der Waals surface area contributed by atoms with Crippen LogP contribution >= 0.6 is 0 Å². The summed E-state index contributed by atoms with van der Waals surface area (Å²) in [5, 5.41) is 2.55. The number of hydrogen-bond acceptors (Lipinski definition) is 4. The number of benzene rings is 2. The molecule has 0 spiro atoms. The standard InChI is InChI=1S/C17H19N3O4S/c1-12-6-8-13(9-7-12)25(23,24)19-11-10-16(21)20-15-5-3-2-4-14(15)17(18)22/h2-9,19H,10-11H2,1H3,(H2,18,22)(H,20,21). The van der Waals surface area contributed by atoms with Gasteiger partial charge in [-0.3, -0.25) is 9.59 Å². The molecule has 2 aromatic rings. The maximum Gasteiger partial charge on any atom is 0.250 e. The van der Waals surface area contributed by atoms with Gasteiger partial charge >= 0.3 is 0 Å². The van der Waals surface area contributed by atoms with Gasteiger partial charge in [-0.1, -0.05) is 29.8 Å². The molecule has 0 aliphatic carbocycles. The van der Waals surface area contributed by atoms with Gasteiger partial charge in [-0.25, -0.2) is 13.1 Å². The van der Waals surface area contributed by atoms with Crippen molar-refractivity contribution in [1.29, 1.82) is 0 Å². The van der Waals surface area contributed by atoms with Crippen LogP contribution in [0.5, 0.6) is 0 Å². The van der Waals surface area contributed by atoms with Crippen molar-refractivity contribution in [2.24, 2.45) is 5.73 Å². The quantitative estimate of drug-likeness (QED) is 0.691. The molecule has 0 bridgehead atoms. The number of para-hydroxylation sites is 1. The number of aryl methyl sites for hydroxylation is 1. The van der Waals surface area contributed by atoms with Crippen LogP contribution in [0.3, 0.4) is 0 Å². The SMILES string of the molecule is Cc1ccc(S(=O)(=O)NCCC(=O)Nc2ccccc2C(N)=O)cc1. The van der Waals surface area contributed by atoms with E-state index in [0.717, 1.165) is 5.56 Å². The lowest BCUT2D eigenvalue weighted by atomic mass is 10.1. The van der Waals surface area contributed by atoms with Gasteiger partial charge in [0.05, 0.1) is 16.1 Å². The topological polar surface area (TPSA) is 118 Å². The van der Waals surface area contributed by atoms with E-state index in [9.17, 15) is 18.0 Å². The fourth-order valence-electron chi connectivity index (χ4n) is 2.12. The third-order valence-corrected chi connectivity index (χ3v) is 4.92. The second-order valence-electron chi connectivity index (χ2n) is 5.42. The highest BCUT2D eigenvalue weighted by atomic mass is 32.2. The normalized spacial score (nSPS) is 11.1. The van der Waals surface area contributed by atoms with Crippen LogP contribution in [0.2, 0.25) is 0 Å². The average molecular weight is 361 g/mol. The van der Waals surface area contributed by atoms with E-state index in [1.807, 2.05) is 6.92 Å². The molecule has 0 radical (unpaired) electrons. The van der Waals surface area contributed by atoms with E-state index in [0.29, 0.717) is 5.69 Å². The molecule has 4 N–H and O–H groups in total. The summed E-state index contributed by atoms with van der Waals surface area (Å²) in [6.45, 7) is 1.79. The molecular weight excluding hydrogens is 342 g/mol. The van der Waals surface area contributed by atoms with Crippen LogP contribution in [0.1, 0.15) is 22.3 Å². The Labute approximate surface area is 146 Å². The molecule has 25 heavy (non-hydrogen) atoms. The van der Waals surface area contributed by atoms with E-state index in [-0.39, 0.29) is 23.4 Å². The van der Waals surface area contributed by atoms with E-state index in [1.54, 1.807) is 30.3 Å². The Balaban J connectivity index is 1.92. The molecule has 7 nitrogen and oxygen atoms in total. The molecule has 2 aromatic carbocycles. The molecule has 2 amide bonds. The largest absolute Gasteiger partial charge is 0.366 e. The molecule has 132 valence electrons. The van der Waals surface area contributed by atoms with Gasteiger partial charge in [0.15, 0.2) is 0 Å². The smallest absolute Gasteiger partial charge is 0.250 e. The molecule has 0 heterocycles. The Morgan fingerprint density at radius 1 is 1.04 bits per heavy atom. The van der Waals surface area contributed by atoms with E-state index in [4.69, 9.17) is 5.73 Å². The lowest BCUT2D eigenvalue weighted by Crippen LogP contribution is -2.28. The Kier molecular flexibility index (Phi) is 5.89. The van der Waals surface area contributed by atoms with E-state index in [1.165, 1.54) is 18.2 Å². The van der Waals surface area contributed by atoms with Crippen molar-refractivity contribution in [3.05, 3.63) is 59.7 Å². The maximum atomic E-state index is 12.1. The zero-order valence-electron chi connectivity index (χ0n) is 13.7. The first-order valence-corrected chi connectivity index (χ1v) is 9.03. The van der Waals surface area contributed by atoms with Crippen LogP contribution in [0.25, 0.3) is 0 Å². The summed E-state index contributed by atoms with van der Waals surface area (Å²) in [5.41, 5.74) is 6.67. The first-order chi connectivity index (χ1) is 11.8. The molecule has 0 unspecified atom stereocenters. The molecule has 2 rings (SSSR count). The summed E-state index contributed by atoms with van der Waals surface area (Å²) in [4.78, 5) is 23.4. The minimum absolute atomic E-state index is 0.0687. The van der Waals surface area contributed by atoms with Crippen molar-refractivity contribution in [1.82, 2.24) is 4.72 Å². The van der Waals surface area contributed by atoms with Crippen molar-refractivity contribution in [2.45, 2.75) is 18.2 Å². The molecular formula is C17H19N3O4S.